The third-order valence-corrected chi connectivity index (χ3v) is 9.20. The largest absolute Gasteiger partial charge is 0.462 e. The van der Waals surface area contributed by atoms with E-state index >= 15 is 0 Å². The van der Waals surface area contributed by atoms with Crippen LogP contribution >= 0.6 is 0 Å². The molecule has 1 unspecified atom stereocenters. The maximum absolute atomic E-state index is 12.2. The molecule has 5 heteroatoms. The van der Waals surface area contributed by atoms with Crippen LogP contribution in [0.3, 0.4) is 0 Å². The van der Waals surface area contributed by atoms with Gasteiger partial charge in [0.1, 0.15) is 6.61 Å². The highest BCUT2D eigenvalue weighted by molar-refractivity contribution is 5.70. The van der Waals surface area contributed by atoms with Crippen LogP contribution in [0.25, 0.3) is 0 Å². The number of unbranched alkanes of at least 4 members (excludes halogenated alkanes) is 17. The molecule has 0 spiro atoms. The van der Waals surface area contributed by atoms with Crippen molar-refractivity contribution in [2.75, 3.05) is 13.2 Å². The van der Waals surface area contributed by atoms with E-state index in [0.29, 0.717) is 12.8 Å². The Balaban J connectivity index is 3.67. The fourth-order valence-corrected chi connectivity index (χ4v) is 5.90. The number of hydrogen-bond donors (Lipinski definition) is 1. The summed E-state index contributed by atoms with van der Waals surface area (Å²) in [6.45, 7) is 3.98. The number of carbonyl (C=O) groups is 2. The molecule has 0 saturated heterocycles. The molecule has 5 nitrogen and oxygen atoms in total. The lowest BCUT2D eigenvalue weighted by Gasteiger charge is -2.15. The maximum atomic E-state index is 12.2. The van der Waals surface area contributed by atoms with Crippen molar-refractivity contribution in [1.29, 1.82) is 0 Å². The molecule has 0 aromatic carbocycles. The molecule has 0 rings (SSSR count). The summed E-state index contributed by atoms with van der Waals surface area (Å²) in [7, 11) is 0. The molecule has 54 heavy (non-hydrogen) atoms. The normalized spacial score (nSPS) is 13.0. The minimum absolute atomic E-state index is 0.0914. The molecule has 1 N–H and O–H groups in total. The average Bonchev–Trinajstić information content (AvgIpc) is 3.17. The van der Waals surface area contributed by atoms with Crippen LogP contribution in [0.15, 0.2) is 85.1 Å². The van der Waals surface area contributed by atoms with Gasteiger partial charge in [-0.05, 0) is 64.2 Å². The Kier molecular flexibility index (Phi) is 42.1. The predicted octanol–water partition coefficient (Wildman–Crippen LogP) is 14.3. The van der Waals surface area contributed by atoms with Crippen molar-refractivity contribution in [2.24, 2.45) is 0 Å². The Hall–Kier alpha value is -2.92. The molecule has 0 aliphatic heterocycles. The molecule has 0 amide bonds. The molecule has 0 aromatic heterocycles. The van der Waals surface area contributed by atoms with E-state index in [1.807, 2.05) is 0 Å². The van der Waals surface area contributed by atoms with Gasteiger partial charge in [-0.25, -0.2) is 0 Å². The molecule has 308 valence electrons. The SMILES string of the molecule is CC/C=C\C/C=C\C/C=C\C/C=C\C/C=C\C/C=C\C/C=C\CCCC(=O)OC(CO)COC(=O)CCCCCCCCCCCCCCCCCCC. The summed E-state index contributed by atoms with van der Waals surface area (Å²) in [5.41, 5.74) is 0. The third-order valence-electron chi connectivity index (χ3n) is 9.20. The summed E-state index contributed by atoms with van der Waals surface area (Å²) in [4.78, 5) is 24.3. The monoisotopic (exact) mass is 751 g/mol. The van der Waals surface area contributed by atoms with Crippen molar-refractivity contribution in [3.63, 3.8) is 0 Å². The zero-order chi connectivity index (χ0) is 39.3. The molecule has 0 aliphatic carbocycles. The van der Waals surface area contributed by atoms with Gasteiger partial charge in [-0.2, -0.15) is 0 Å². The first kappa shape index (κ1) is 51.1. The second-order valence-electron chi connectivity index (χ2n) is 14.4. The summed E-state index contributed by atoms with van der Waals surface area (Å²) in [6, 6.07) is 0. The Bertz CT molecular complexity index is 1030. The molecule has 0 bridgehead atoms. The lowest BCUT2D eigenvalue weighted by atomic mass is 10.0. The molecule has 0 aromatic rings. The van der Waals surface area contributed by atoms with E-state index in [4.69, 9.17) is 9.47 Å². The Morgan fingerprint density at radius 2 is 0.796 bits per heavy atom. The van der Waals surface area contributed by atoms with Gasteiger partial charge in [-0.15, -0.1) is 0 Å². The number of allylic oxidation sites excluding steroid dienone is 14. The van der Waals surface area contributed by atoms with Gasteiger partial charge in [0.2, 0.25) is 0 Å². The number of ether oxygens (including phenoxy) is 2. The number of aliphatic hydroxyl groups excluding tert-OH is 1. The fraction of sp³-hybridized carbons (Fsp3) is 0.673. The van der Waals surface area contributed by atoms with E-state index in [1.54, 1.807) is 0 Å². The predicted molar refractivity (Wildman–Crippen MR) is 233 cm³/mol. The van der Waals surface area contributed by atoms with Crippen LogP contribution < -0.4 is 0 Å². The van der Waals surface area contributed by atoms with Crippen molar-refractivity contribution >= 4 is 11.9 Å². The van der Waals surface area contributed by atoms with Gasteiger partial charge in [-0.1, -0.05) is 202 Å². The Morgan fingerprint density at radius 1 is 0.444 bits per heavy atom. The number of hydrogen-bond acceptors (Lipinski definition) is 5. The van der Waals surface area contributed by atoms with Crippen LogP contribution in [0.4, 0.5) is 0 Å². The van der Waals surface area contributed by atoms with E-state index in [9.17, 15) is 14.7 Å². The van der Waals surface area contributed by atoms with E-state index < -0.39 is 6.10 Å². The number of aliphatic hydroxyl groups is 1. The van der Waals surface area contributed by atoms with Crippen LogP contribution in [0.1, 0.15) is 194 Å². The minimum Gasteiger partial charge on any atom is -0.462 e. The van der Waals surface area contributed by atoms with E-state index in [0.717, 1.165) is 70.6 Å². The van der Waals surface area contributed by atoms with Crippen molar-refractivity contribution in [3.05, 3.63) is 85.1 Å². The molecule has 1 atom stereocenters. The van der Waals surface area contributed by atoms with Crippen LogP contribution in [-0.2, 0) is 19.1 Å². The fourth-order valence-electron chi connectivity index (χ4n) is 5.90. The van der Waals surface area contributed by atoms with Crippen molar-refractivity contribution in [2.45, 2.75) is 200 Å². The standard InChI is InChI=1S/C49H82O5/c1-3-5-7-9-11-13-15-17-19-21-22-23-24-25-26-28-30-32-34-36-38-40-42-44-49(52)54-47(45-50)46-53-48(51)43-41-39-37-35-33-31-29-27-20-18-16-14-12-10-8-6-4-2/h5,7,11,13,17,19,22-23,25-26,30,32,36,38,47,50H,3-4,6,8-10,12,14-16,18,20-21,24,27-29,31,33-35,37,39-46H2,1-2H3/b7-5-,13-11-,19-17-,23-22-,26-25-,32-30-,38-36-. The van der Waals surface area contributed by atoms with Crippen LogP contribution in [0.5, 0.6) is 0 Å². The molecule has 0 heterocycles. The highest BCUT2D eigenvalue weighted by Crippen LogP contribution is 2.15. The molecule has 0 aliphatic rings. The summed E-state index contributed by atoms with van der Waals surface area (Å²) in [6.07, 6.45) is 60.9. The Morgan fingerprint density at radius 3 is 1.19 bits per heavy atom. The van der Waals surface area contributed by atoms with Crippen molar-refractivity contribution in [1.82, 2.24) is 0 Å². The van der Waals surface area contributed by atoms with Gasteiger partial charge in [0.15, 0.2) is 6.10 Å². The number of carbonyl (C=O) groups excluding carboxylic acids is 2. The number of rotatable bonds is 39. The smallest absolute Gasteiger partial charge is 0.306 e. The van der Waals surface area contributed by atoms with Gasteiger partial charge < -0.3 is 14.6 Å². The molecular formula is C49H82O5. The lowest BCUT2D eigenvalue weighted by molar-refractivity contribution is -0.161. The van der Waals surface area contributed by atoms with E-state index in [-0.39, 0.29) is 31.6 Å². The summed E-state index contributed by atoms with van der Waals surface area (Å²) >= 11 is 0. The first-order chi connectivity index (χ1) is 26.6. The summed E-state index contributed by atoms with van der Waals surface area (Å²) in [5, 5.41) is 9.58. The van der Waals surface area contributed by atoms with Crippen LogP contribution in [0.2, 0.25) is 0 Å². The van der Waals surface area contributed by atoms with Gasteiger partial charge >= 0.3 is 11.9 Å². The van der Waals surface area contributed by atoms with Gasteiger partial charge in [0, 0.05) is 12.8 Å². The first-order valence-corrected chi connectivity index (χ1v) is 22.1. The number of esters is 2. The minimum atomic E-state index is -0.805. The molecule has 0 fully saturated rings. The van der Waals surface area contributed by atoms with Crippen LogP contribution in [0, 0.1) is 0 Å². The van der Waals surface area contributed by atoms with Crippen molar-refractivity contribution in [3.8, 4) is 0 Å². The van der Waals surface area contributed by atoms with E-state index in [2.05, 4.69) is 98.9 Å². The molecular weight excluding hydrogens is 669 g/mol. The van der Waals surface area contributed by atoms with E-state index in [1.165, 1.54) is 89.9 Å². The second kappa shape index (κ2) is 44.5. The Labute approximate surface area is 333 Å². The lowest BCUT2D eigenvalue weighted by Crippen LogP contribution is -2.28. The molecule has 0 radical (unpaired) electrons. The zero-order valence-corrected chi connectivity index (χ0v) is 35.0. The summed E-state index contributed by atoms with van der Waals surface area (Å²) < 4.78 is 10.6. The van der Waals surface area contributed by atoms with Crippen molar-refractivity contribution < 1.29 is 24.2 Å². The van der Waals surface area contributed by atoms with Gasteiger partial charge in [-0.3, -0.25) is 9.59 Å². The first-order valence-electron chi connectivity index (χ1n) is 22.1. The van der Waals surface area contributed by atoms with Crippen LogP contribution in [-0.4, -0.2) is 36.4 Å². The topological polar surface area (TPSA) is 72.8 Å². The highest BCUT2D eigenvalue weighted by atomic mass is 16.6. The third kappa shape index (κ3) is 41.8. The maximum Gasteiger partial charge on any atom is 0.306 e. The highest BCUT2D eigenvalue weighted by Gasteiger charge is 2.16. The van der Waals surface area contributed by atoms with Gasteiger partial charge in [0.25, 0.3) is 0 Å². The zero-order valence-electron chi connectivity index (χ0n) is 35.0. The molecule has 0 saturated carbocycles. The van der Waals surface area contributed by atoms with Gasteiger partial charge in [0.05, 0.1) is 6.61 Å². The average molecular weight is 751 g/mol. The summed E-state index contributed by atoms with van der Waals surface area (Å²) in [5.74, 6) is -0.661. The second-order valence-corrected chi connectivity index (χ2v) is 14.4. The quantitative estimate of drug-likeness (QED) is 0.0385.